The Balaban J connectivity index is 1.36. The van der Waals surface area contributed by atoms with Gasteiger partial charge in [0.05, 0.1) is 12.0 Å². The molecule has 4 N–H and O–H groups in total. The van der Waals surface area contributed by atoms with E-state index in [0.717, 1.165) is 10.5 Å². The van der Waals surface area contributed by atoms with Crippen LogP contribution >= 0.6 is 0 Å². The maximum Gasteiger partial charge on any atom is 0.393 e. The van der Waals surface area contributed by atoms with Gasteiger partial charge in [-0.2, -0.15) is 13.2 Å². The number of aromatic amines is 1. The highest BCUT2D eigenvalue weighted by atomic mass is 19.4. The minimum absolute atomic E-state index is 0.0115. The fraction of sp³-hybridized carbons (Fsp3) is 0.367. The van der Waals surface area contributed by atoms with Gasteiger partial charge in [0.25, 0.3) is 11.8 Å². The van der Waals surface area contributed by atoms with E-state index in [9.17, 15) is 37.1 Å². The number of fused-ring (bicyclic) bond motifs is 1. The number of halogens is 3. The van der Waals surface area contributed by atoms with Gasteiger partial charge >= 0.3 is 6.18 Å². The Kier molecular flexibility index (Phi) is 8.51. The van der Waals surface area contributed by atoms with E-state index in [2.05, 4.69) is 20.9 Å². The first-order chi connectivity index (χ1) is 20.5. The Morgan fingerprint density at radius 2 is 1.74 bits per heavy atom. The van der Waals surface area contributed by atoms with Crippen LogP contribution in [0.15, 0.2) is 60.7 Å². The van der Waals surface area contributed by atoms with Gasteiger partial charge in [0.2, 0.25) is 17.6 Å². The number of para-hydroxylation sites is 1. The highest BCUT2D eigenvalue weighted by Crippen LogP contribution is 2.37. The molecule has 3 heterocycles. The monoisotopic (exact) mass is 597 g/mol. The lowest BCUT2D eigenvalue weighted by Crippen LogP contribution is -2.54. The maximum atomic E-state index is 13.8. The number of alkyl halides is 3. The fourth-order valence-electron chi connectivity index (χ4n) is 5.57. The zero-order valence-electron chi connectivity index (χ0n) is 22.9. The van der Waals surface area contributed by atoms with Crippen molar-refractivity contribution in [1.82, 2.24) is 25.8 Å². The van der Waals surface area contributed by atoms with Crippen molar-refractivity contribution in [3.63, 3.8) is 0 Å². The number of ketones is 1. The van der Waals surface area contributed by atoms with Gasteiger partial charge in [-0.3, -0.25) is 24.0 Å². The summed E-state index contributed by atoms with van der Waals surface area (Å²) in [6.07, 6.45) is -5.26. The van der Waals surface area contributed by atoms with E-state index in [4.69, 9.17) is 0 Å². The number of hydrogen-bond donors (Lipinski definition) is 4. The summed E-state index contributed by atoms with van der Waals surface area (Å²) in [6.45, 7) is -0.378. The van der Waals surface area contributed by atoms with Crippen molar-refractivity contribution in [2.75, 3.05) is 13.1 Å². The molecule has 2 saturated heterocycles. The zero-order valence-corrected chi connectivity index (χ0v) is 22.9. The lowest BCUT2D eigenvalue weighted by atomic mass is 9.94. The molecular formula is C30H30F3N5O5. The number of likely N-dealkylation sites (tertiary alicyclic amines) is 1. The molecule has 0 saturated carbocycles. The Morgan fingerprint density at radius 3 is 2.42 bits per heavy atom. The van der Waals surface area contributed by atoms with Gasteiger partial charge in [0, 0.05) is 36.5 Å². The highest BCUT2D eigenvalue weighted by molar-refractivity contribution is 6.38. The van der Waals surface area contributed by atoms with Crippen molar-refractivity contribution >= 4 is 40.3 Å². The molecule has 2 aliphatic heterocycles. The van der Waals surface area contributed by atoms with E-state index in [1.54, 1.807) is 54.6 Å². The summed E-state index contributed by atoms with van der Waals surface area (Å²) in [7, 11) is 0. The zero-order chi connectivity index (χ0) is 30.7. The van der Waals surface area contributed by atoms with E-state index < -0.39 is 66.6 Å². The summed E-state index contributed by atoms with van der Waals surface area (Å²) in [5, 5.41) is 8.20. The molecule has 1 aromatic heterocycles. The molecule has 4 atom stereocenters. The van der Waals surface area contributed by atoms with Gasteiger partial charge in [-0.05, 0) is 37.0 Å². The summed E-state index contributed by atoms with van der Waals surface area (Å²) in [4.78, 5) is 69.0. The number of Topliss-reactive ketones (excluding diaryl/α,β-unsaturated/α-hetero) is 1. The molecule has 3 aromatic rings. The summed E-state index contributed by atoms with van der Waals surface area (Å²) in [5.41, 5.74) is 1.33. The van der Waals surface area contributed by atoms with Gasteiger partial charge in [-0.25, -0.2) is 0 Å². The quantitative estimate of drug-likeness (QED) is 0.281. The first kappa shape index (κ1) is 29.8. The van der Waals surface area contributed by atoms with Crippen LogP contribution in [-0.2, 0) is 25.7 Å². The SMILES string of the molecule is O=C(NCc1ccccc1)C(=O)C(CC1CCNC1=O)NC(=O)C1CC(C(F)(F)F)CN1C(=O)c1cc2ccccc2[nH]1. The molecule has 0 bridgehead atoms. The predicted octanol–water partition coefficient (Wildman–Crippen LogP) is 2.46. The number of carbonyl (C=O) groups is 5. The van der Waals surface area contributed by atoms with E-state index in [1.165, 1.54) is 6.07 Å². The van der Waals surface area contributed by atoms with Gasteiger partial charge in [-0.1, -0.05) is 48.5 Å². The Hall–Kier alpha value is -4.68. The van der Waals surface area contributed by atoms with Crippen LogP contribution in [0.4, 0.5) is 13.2 Å². The molecule has 4 unspecified atom stereocenters. The molecule has 2 aromatic carbocycles. The Morgan fingerprint density at radius 1 is 1.02 bits per heavy atom. The first-order valence-electron chi connectivity index (χ1n) is 13.9. The van der Waals surface area contributed by atoms with Crippen LogP contribution in [0.1, 0.15) is 35.3 Å². The van der Waals surface area contributed by atoms with Gasteiger partial charge < -0.3 is 25.8 Å². The van der Waals surface area contributed by atoms with Crippen molar-refractivity contribution < 1.29 is 37.1 Å². The van der Waals surface area contributed by atoms with Crippen LogP contribution in [0.2, 0.25) is 0 Å². The number of carbonyl (C=O) groups excluding carboxylic acids is 5. The number of H-pyrrole nitrogens is 1. The summed E-state index contributed by atoms with van der Waals surface area (Å²) in [5.74, 6) is -6.88. The van der Waals surface area contributed by atoms with Crippen molar-refractivity contribution in [2.45, 2.75) is 44.1 Å². The molecule has 10 nitrogen and oxygen atoms in total. The third-order valence-electron chi connectivity index (χ3n) is 7.92. The molecule has 2 fully saturated rings. The number of rotatable bonds is 9. The number of hydrogen-bond acceptors (Lipinski definition) is 5. The molecule has 0 aliphatic carbocycles. The second kappa shape index (κ2) is 12.3. The van der Waals surface area contributed by atoms with E-state index >= 15 is 0 Å². The van der Waals surface area contributed by atoms with Gasteiger partial charge in [0.15, 0.2) is 0 Å². The van der Waals surface area contributed by atoms with Crippen molar-refractivity contribution in [1.29, 1.82) is 0 Å². The van der Waals surface area contributed by atoms with Crippen molar-refractivity contribution in [3.8, 4) is 0 Å². The first-order valence-corrected chi connectivity index (χ1v) is 13.9. The standard InChI is InChI=1S/C30H30F3N5O5/c31-30(32,33)20-14-24(38(16-20)29(43)23-12-18-8-4-5-9-21(18)36-23)27(41)37-22(13-19-10-11-34-26(19)40)25(39)28(42)35-15-17-6-2-1-3-7-17/h1-9,12,19-20,22,24,36H,10-11,13-16H2,(H,34,40)(H,35,42)(H,37,41). The maximum absolute atomic E-state index is 13.8. The summed E-state index contributed by atoms with van der Waals surface area (Å²) in [6, 6.07) is 14.1. The molecular weight excluding hydrogens is 567 g/mol. The molecule has 0 spiro atoms. The lowest BCUT2D eigenvalue weighted by Gasteiger charge is -2.26. The van der Waals surface area contributed by atoms with Crippen LogP contribution in [0.25, 0.3) is 10.9 Å². The highest BCUT2D eigenvalue weighted by Gasteiger charge is 2.51. The smallest absolute Gasteiger partial charge is 0.356 e. The largest absolute Gasteiger partial charge is 0.393 e. The van der Waals surface area contributed by atoms with Crippen LogP contribution in [0, 0.1) is 11.8 Å². The average molecular weight is 598 g/mol. The average Bonchev–Trinajstić information content (AvgIpc) is 3.73. The third-order valence-corrected chi connectivity index (χ3v) is 7.92. The van der Waals surface area contributed by atoms with Crippen molar-refractivity contribution in [2.24, 2.45) is 11.8 Å². The van der Waals surface area contributed by atoms with Gasteiger partial charge in [0.1, 0.15) is 11.7 Å². The van der Waals surface area contributed by atoms with Crippen LogP contribution in [-0.4, -0.2) is 70.6 Å². The molecule has 43 heavy (non-hydrogen) atoms. The molecule has 5 rings (SSSR count). The molecule has 13 heteroatoms. The third kappa shape index (κ3) is 6.71. The van der Waals surface area contributed by atoms with E-state index in [1.807, 2.05) is 0 Å². The lowest BCUT2D eigenvalue weighted by molar-refractivity contribution is -0.170. The Labute approximate surface area is 244 Å². The Bertz CT molecular complexity index is 1510. The van der Waals surface area contributed by atoms with Crippen LogP contribution in [0.3, 0.4) is 0 Å². The van der Waals surface area contributed by atoms with Crippen LogP contribution < -0.4 is 16.0 Å². The molecule has 226 valence electrons. The molecule has 4 amide bonds. The van der Waals surface area contributed by atoms with Crippen molar-refractivity contribution in [3.05, 3.63) is 71.9 Å². The van der Waals surface area contributed by atoms with Crippen LogP contribution in [0.5, 0.6) is 0 Å². The van der Waals surface area contributed by atoms with E-state index in [0.29, 0.717) is 23.9 Å². The topological polar surface area (TPSA) is 140 Å². The minimum atomic E-state index is -4.68. The summed E-state index contributed by atoms with van der Waals surface area (Å²) >= 11 is 0. The second-order valence-electron chi connectivity index (χ2n) is 10.8. The molecule has 2 aliphatic rings. The number of benzene rings is 2. The molecule has 0 radical (unpaired) electrons. The normalized spacial score (nSPS) is 21.0. The number of nitrogens with zero attached hydrogens (tertiary/aromatic N) is 1. The number of aromatic nitrogens is 1. The number of amides is 4. The summed E-state index contributed by atoms with van der Waals surface area (Å²) < 4.78 is 41.4. The van der Waals surface area contributed by atoms with Gasteiger partial charge in [-0.15, -0.1) is 0 Å². The van der Waals surface area contributed by atoms with E-state index in [-0.39, 0.29) is 24.6 Å². The minimum Gasteiger partial charge on any atom is -0.356 e. The fourth-order valence-corrected chi connectivity index (χ4v) is 5.57. The number of nitrogens with one attached hydrogen (secondary N) is 4. The predicted molar refractivity (Wildman–Crippen MR) is 148 cm³/mol. The second-order valence-corrected chi connectivity index (χ2v) is 10.8.